The van der Waals surface area contributed by atoms with Gasteiger partial charge in [-0.2, -0.15) is 0 Å². The summed E-state index contributed by atoms with van der Waals surface area (Å²) >= 11 is 5.97. The highest BCUT2D eigenvalue weighted by atomic mass is 79.9. The zero-order valence-corrected chi connectivity index (χ0v) is 36.2. The van der Waals surface area contributed by atoms with Gasteiger partial charge in [0, 0.05) is 14.7 Å². The zero-order valence-electron chi connectivity index (χ0n) is 31.4. The molecule has 0 spiro atoms. The van der Waals surface area contributed by atoms with Crippen LogP contribution < -0.4 is 18.1 Å². The van der Waals surface area contributed by atoms with Crippen LogP contribution in [0.1, 0.15) is 41.5 Å². The first kappa shape index (κ1) is 44.5. The number of thiophene rings is 2. The van der Waals surface area contributed by atoms with Crippen molar-refractivity contribution in [1.82, 2.24) is 0 Å². The Balaban J connectivity index is 0.000000198. The minimum absolute atomic E-state index is 0.0540. The van der Waals surface area contributed by atoms with Gasteiger partial charge in [-0.25, -0.2) is 16.8 Å². The molecule has 0 unspecified atom stereocenters. The van der Waals surface area contributed by atoms with Crippen LogP contribution >= 0.6 is 38.6 Å². The van der Waals surface area contributed by atoms with Crippen molar-refractivity contribution in [2.75, 3.05) is 19.7 Å². The predicted octanol–water partition coefficient (Wildman–Crippen LogP) is 11.8. The third-order valence-electron chi connectivity index (χ3n) is 9.13. The van der Waals surface area contributed by atoms with Crippen LogP contribution in [0.2, 0.25) is 0 Å². The predicted molar refractivity (Wildman–Crippen MR) is 226 cm³/mol. The molecule has 1 aliphatic carbocycles. The van der Waals surface area contributed by atoms with E-state index in [2.05, 4.69) is 25.4 Å². The molecule has 0 atom stereocenters. The molecule has 0 N–H and O–H groups in total. The molecule has 1 saturated carbocycles. The van der Waals surface area contributed by atoms with Crippen molar-refractivity contribution in [2.45, 2.75) is 64.2 Å². The van der Waals surface area contributed by atoms with E-state index in [0.29, 0.717) is 45.7 Å². The van der Waals surface area contributed by atoms with E-state index in [-0.39, 0.29) is 30.3 Å². The van der Waals surface area contributed by atoms with Crippen molar-refractivity contribution < 1.29 is 52.7 Å². The van der Waals surface area contributed by atoms with Gasteiger partial charge in [-0.3, -0.25) is 8.61 Å². The van der Waals surface area contributed by atoms with Gasteiger partial charge >= 0.3 is 12.7 Å². The van der Waals surface area contributed by atoms with Gasteiger partial charge in [-0.05, 0) is 103 Å². The van der Waals surface area contributed by atoms with E-state index in [1.807, 2.05) is 62.4 Å². The molecule has 4 aromatic carbocycles. The van der Waals surface area contributed by atoms with E-state index in [9.17, 15) is 43.2 Å². The summed E-state index contributed by atoms with van der Waals surface area (Å²) in [6.07, 6.45) is -8.01. The first-order valence-electron chi connectivity index (χ1n) is 18.0. The number of rotatable bonds is 14. The molecule has 0 amide bonds. The SMILES string of the molecule is Cc1c(N(Cc2cccc(OC(F)(F)F)c2)S(=O)(=O)C2CC2)sc2ccccc12.Cc1c(N(Cc2cccc(OC(F)(F)F)c2)S(=O)(=O)CCCBr)sc2ccccc12. The fraction of sp³-hybridized carbons (Fsp3) is 0.300. The van der Waals surface area contributed by atoms with E-state index >= 15 is 0 Å². The Morgan fingerprint density at radius 2 is 1.10 bits per heavy atom. The highest BCUT2D eigenvalue weighted by Crippen LogP contribution is 2.43. The minimum atomic E-state index is -4.82. The molecule has 0 bridgehead atoms. The molecular formula is C40H37BrF6N2O6S4. The Bertz CT molecular complexity index is 2640. The van der Waals surface area contributed by atoms with Crippen LogP contribution in [0.25, 0.3) is 20.2 Å². The lowest BCUT2D eigenvalue weighted by molar-refractivity contribution is -0.275. The lowest BCUT2D eigenvalue weighted by Crippen LogP contribution is -2.33. The van der Waals surface area contributed by atoms with E-state index in [1.54, 1.807) is 12.1 Å². The Morgan fingerprint density at radius 1 is 0.661 bits per heavy atom. The fourth-order valence-corrected chi connectivity index (χ4v) is 13.3. The van der Waals surface area contributed by atoms with E-state index in [0.717, 1.165) is 31.3 Å². The van der Waals surface area contributed by atoms with Crippen LogP contribution in [0.4, 0.5) is 36.3 Å². The topological polar surface area (TPSA) is 93.2 Å². The molecule has 6 aromatic rings. The minimum Gasteiger partial charge on any atom is -0.406 e. The molecule has 0 aliphatic heterocycles. The largest absolute Gasteiger partial charge is 0.573 e. The standard InChI is InChI=1S/C20H19BrF3NO3S2.C20H18F3NO3S2/c1-14-17-8-2-3-9-18(17)29-19(14)25(30(26,27)11-5-10-21)13-15-6-4-7-16(12-15)28-20(22,23)24;1-13-17-7-2-3-8-18(17)28-19(13)24(29(25,26)16-9-10-16)12-14-5-4-6-15(11-14)27-20(21,22)23/h2-4,6-9,12H,5,10-11,13H2,1H3;2-8,11,16H,9-10,12H2,1H3. The fourth-order valence-electron chi connectivity index (χ4n) is 6.28. The Morgan fingerprint density at radius 3 is 1.53 bits per heavy atom. The van der Waals surface area contributed by atoms with Gasteiger partial charge in [0.2, 0.25) is 20.0 Å². The normalized spacial score (nSPS) is 13.6. The highest BCUT2D eigenvalue weighted by molar-refractivity contribution is 9.09. The number of hydrogen-bond acceptors (Lipinski definition) is 8. The lowest BCUT2D eigenvalue weighted by atomic mass is 10.2. The molecule has 8 nitrogen and oxygen atoms in total. The van der Waals surface area contributed by atoms with Gasteiger partial charge in [-0.1, -0.05) is 76.6 Å². The van der Waals surface area contributed by atoms with E-state index in [1.165, 1.54) is 67.7 Å². The molecule has 19 heteroatoms. The first-order valence-corrected chi connectivity index (χ1v) is 23.9. The number of sulfonamides is 2. The number of benzene rings is 4. The molecule has 7 rings (SSSR count). The number of ether oxygens (including phenoxy) is 2. The van der Waals surface area contributed by atoms with Crippen molar-refractivity contribution in [2.24, 2.45) is 0 Å². The van der Waals surface area contributed by atoms with Crippen LogP contribution in [-0.2, 0) is 33.1 Å². The summed E-state index contributed by atoms with van der Waals surface area (Å²) in [6, 6.07) is 26.1. The van der Waals surface area contributed by atoms with Crippen molar-refractivity contribution in [3.8, 4) is 11.5 Å². The molecule has 59 heavy (non-hydrogen) atoms. The Kier molecular flexibility index (Phi) is 13.5. The first-order chi connectivity index (χ1) is 27.8. The monoisotopic (exact) mass is 962 g/mol. The number of halogens is 7. The molecule has 1 aliphatic rings. The van der Waals surface area contributed by atoms with Gasteiger partial charge < -0.3 is 9.47 Å². The molecule has 0 saturated heterocycles. The van der Waals surface area contributed by atoms with Gasteiger partial charge in [0.05, 0.1) is 24.1 Å². The number of aryl methyl sites for hydroxylation is 2. The average Bonchev–Trinajstić information content (AvgIpc) is 3.92. The third kappa shape index (κ3) is 11.2. The zero-order chi connectivity index (χ0) is 42.8. The summed E-state index contributed by atoms with van der Waals surface area (Å²) < 4.78 is 140. The Hall–Kier alpha value is -4.04. The second kappa shape index (κ2) is 17.9. The highest BCUT2D eigenvalue weighted by Gasteiger charge is 2.41. The van der Waals surface area contributed by atoms with Crippen molar-refractivity contribution in [3.63, 3.8) is 0 Å². The van der Waals surface area contributed by atoms with Crippen LogP contribution in [0.15, 0.2) is 97.1 Å². The maximum atomic E-state index is 13.2. The van der Waals surface area contributed by atoms with Crippen LogP contribution in [0.5, 0.6) is 11.5 Å². The third-order valence-corrected chi connectivity index (χ3v) is 16.5. The molecule has 1 fully saturated rings. The molecular weight excluding hydrogens is 927 g/mol. The summed E-state index contributed by atoms with van der Waals surface area (Å²) in [5.74, 6) is -0.831. The van der Waals surface area contributed by atoms with Crippen LogP contribution in [0.3, 0.4) is 0 Å². The van der Waals surface area contributed by atoms with E-state index in [4.69, 9.17) is 0 Å². The smallest absolute Gasteiger partial charge is 0.406 e. The van der Waals surface area contributed by atoms with E-state index < -0.39 is 38.0 Å². The number of nitrogens with zero attached hydrogens (tertiary/aromatic N) is 2. The summed E-state index contributed by atoms with van der Waals surface area (Å²) in [4.78, 5) is 0. The van der Waals surface area contributed by atoms with Crippen molar-refractivity contribution >= 4 is 88.8 Å². The quantitative estimate of drug-likeness (QED) is 0.0797. The summed E-state index contributed by atoms with van der Waals surface area (Å²) in [7, 11) is -7.32. The second-order valence-corrected chi connectivity index (χ2v) is 20.6. The Labute approximate surface area is 354 Å². The maximum Gasteiger partial charge on any atom is 0.573 e. The number of hydrogen-bond donors (Lipinski definition) is 0. The summed E-state index contributed by atoms with van der Waals surface area (Å²) in [5.41, 5.74) is 2.49. The number of anilines is 2. The van der Waals surface area contributed by atoms with Gasteiger partial charge in [-0.15, -0.1) is 49.0 Å². The lowest BCUT2D eigenvalue weighted by Gasteiger charge is -2.24. The van der Waals surface area contributed by atoms with Crippen LogP contribution in [0, 0.1) is 13.8 Å². The molecule has 0 radical (unpaired) electrons. The van der Waals surface area contributed by atoms with Crippen molar-refractivity contribution in [1.29, 1.82) is 0 Å². The number of alkyl halides is 7. The average molecular weight is 964 g/mol. The van der Waals surface area contributed by atoms with Gasteiger partial charge in [0.1, 0.15) is 21.5 Å². The van der Waals surface area contributed by atoms with Gasteiger partial charge in [0.15, 0.2) is 0 Å². The summed E-state index contributed by atoms with van der Waals surface area (Å²) in [6.45, 7) is 3.58. The number of fused-ring (bicyclic) bond motifs is 2. The second-order valence-electron chi connectivity index (χ2n) is 13.6. The maximum absolute atomic E-state index is 13.2. The summed E-state index contributed by atoms with van der Waals surface area (Å²) in [5, 5.41) is 3.17. The van der Waals surface area contributed by atoms with Crippen LogP contribution in [-0.4, -0.2) is 45.9 Å². The molecule has 2 heterocycles. The molecule has 316 valence electrons. The van der Waals surface area contributed by atoms with Gasteiger partial charge in [0.25, 0.3) is 0 Å². The molecule has 2 aromatic heterocycles. The van der Waals surface area contributed by atoms with Crippen molar-refractivity contribution in [3.05, 3.63) is 119 Å².